The van der Waals surface area contributed by atoms with E-state index in [4.69, 9.17) is 11.6 Å². The number of fused-ring (bicyclic) bond motifs is 2. The number of aromatic nitrogens is 1. The van der Waals surface area contributed by atoms with Gasteiger partial charge in [0.05, 0.1) is 0 Å². The smallest absolute Gasteiger partial charge is 0.258 e. The zero-order valence-corrected chi connectivity index (χ0v) is 19.3. The van der Waals surface area contributed by atoms with Crippen LogP contribution in [-0.4, -0.2) is 42.0 Å². The highest BCUT2D eigenvalue weighted by Gasteiger charge is 2.46. The first-order chi connectivity index (χ1) is 16.4. The molecule has 0 N–H and O–H groups in total. The summed E-state index contributed by atoms with van der Waals surface area (Å²) >= 11 is 6.00. The van der Waals surface area contributed by atoms with Crippen LogP contribution in [0.25, 0.3) is 6.08 Å². The van der Waals surface area contributed by atoms with Crippen molar-refractivity contribution in [2.45, 2.75) is 18.3 Å². The van der Waals surface area contributed by atoms with Crippen molar-refractivity contribution in [3.63, 3.8) is 0 Å². The Balaban J connectivity index is 1.32. The average Bonchev–Trinajstić information content (AvgIpc) is 3.13. The number of carbonyl (C=O) groups is 1. The van der Waals surface area contributed by atoms with Gasteiger partial charge in [-0.25, -0.2) is 13.8 Å². The van der Waals surface area contributed by atoms with Gasteiger partial charge in [0, 0.05) is 36.0 Å². The van der Waals surface area contributed by atoms with Gasteiger partial charge in [0.2, 0.25) is 0 Å². The van der Waals surface area contributed by atoms with E-state index in [1.807, 2.05) is 18.2 Å². The van der Waals surface area contributed by atoms with Crippen molar-refractivity contribution in [3.8, 4) is 0 Å². The molecule has 3 aromatic rings. The Morgan fingerprint density at radius 2 is 1.85 bits per heavy atom. The summed E-state index contributed by atoms with van der Waals surface area (Å²) in [6, 6.07) is 14.4. The number of carbonyl (C=O) groups excluding carboxylic acids is 1. The summed E-state index contributed by atoms with van der Waals surface area (Å²) in [5.41, 5.74) is 2.67. The Bertz CT molecular complexity index is 1250. The van der Waals surface area contributed by atoms with E-state index in [0.717, 1.165) is 49.3 Å². The van der Waals surface area contributed by atoms with Crippen LogP contribution in [0.2, 0.25) is 5.15 Å². The van der Waals surface area contributed by atoms with Crippen LogP contribution in [0.4, 0.5) is 14.5 Å². The quantitative estimate of drug-likeness (QED) is 0.449. The zero-order valence-electron chi connectivity index (χ0n) is 18.6. The third kappa shape index (κ3) is 4.48. The van der Waals surface area contributed by atoms with E-state index in [9.17, 15) is 13.6 Å². The SMILES string of the molecule is O=C(c1ccnc(Cl)c1)N1CC2(CCN(C/C=C/c3cccc(F)c3)CC2)c2cc(F)ccc21. The number of hydrogen-bond acceptors (Lipinski definition) is 3. The first-order valence-corrected chi connectivity index (χ1v) is 11.7. The summed E-state index contributed by atoms with van der Waals surface area (Å²) in [6.45, 7) is 2.91. The van der Waals surface area contributed by atoms with Crippen LogP contribution < -0.4 is 4.90 Å². The lowest BCUT2D eigenvalue weighted by Gasteiger charge is -2.39. The maximum atomic E-state index is 14.3. The standard InChI is InChI=1S/C27H24ClF2N3O/c28-25-16-20(8-11-31-25)26(34)33-18-27(23-17-22(30)6-7-24(23)33)9-13-32(14-10-27)12-2-4-19-3-1-5-21(29)15-19/h1-8,11,15-17H,9-10,12-14,18H2/b4-2+. The van der Waals surface area contributed by atoms with E-state index < -0.39 is 0 Å². The number of piperidine rings is 1. The zero-order chi connectivity index (χ0) is 23.7. The molecule has 0 saturated carbocycles. The molecule has 174 valence electrons. The summed E-state index contributed by atoms with van der Waals surface area (Å²) < 4.78 is 27.6. The van der Waals surface area contributed by atoms with Gasteiger partial charge in [-0.15, -0.1) is 0 Å². The fraction of sp³-hybridized carbons (Fsp3) is 0.259. The largest absolute Gasteiger partial charge is 0.307 e. The van der Waals surface area contributed by atoms with Gasteiger partial charge in [0.15, 0.2) is 0 Å². The molecule has 5 rings (SSSR count). The first kappa shape index (κ1) is 22.7. The number of benzene rings is 2. The van der Waals surface area contributed by atoms with Crippen molar-refractivity contribution in [1.29, 1.82) is 0 Å². The third-order valence-corrected chi connectivity index (χ3v) is 7.04. The summed E-state index contributed by atoms with van der Waals surface area (Å²) in [5, 5.41) is 0.263. The summed E-state index contributed by atoms with van der Waals surface area (Å²) in [6.07, 6.45) is 7.12. The van der Waals surface area contributed by atoms with E-state index in [1.165, 1.54) is 24.4 Å². The molecule has 1 fully saturated rings. The lowest BCUT2D eigenvalue weighted by Crippen LogP contribution is -2.46. The highest BCUT2D eigenvalue weighted by Crippen LogP contribution is 2.47. The Labute approximate surface area is 202 Å². The molecule has 4 nitrogen and oxygen atoms in total. The summed E-state index contributed by atoms with van der Waals surface area (Å²) in [7, 11) is 0. The highest BCUT2D eigenvalue weighted by molar-refractivity contribution is 6.29. The second kappa shape index (κ2) is 9.28. The molecule has 0 aliphatic carbocycles. The van der Waals surface area contributed by atoms with Crippen molar-refractivity contribution >= 4 is 29.3 Å². The van der Waals surface area contributed by atoms with Crippen molar-refractivity contribution in [1.82, 2.24) is 9.88 Å². The molecule has 1 saturated heterocycles. The van der Waals surface area contributed by atoms with Gasteiger partial charge in [-0.3, -0.25) is 9.69 Å². The van der Waals surface area contributed by atoms with Gasteiger partial charge in [-0.1, -0.05) is 35.9 Å². The molecule has 0 unspecified atom stereocenters. The van der Waals surface area contributed by atoms with Crippen molar-refractivity contribution in [2.24, 2.45) is 0 Å². The maximum Gasteiger partial charge on any atom is 0.258 e. The van der Waals surface area contributed by atoms with Crippen LogP contribution >= 0.6 is 11.6 Å². The molecule has 0 bridgehead atoms. The number of amides is 1. The number of hydrogen-bond donors (Lipinski definition) is 0. The fourth-order valence-corrected chi connectivity index (χ4v) is 5.23. The molecule has 1 amide bonds. The van der Waals surface area contributed by atoms with Crippen molar-refractivity contribution in [3.05, 3.63) is 100 Å². The van der Waals surface area contributed by atoms with E-state index >= 15 is 0 Å². The Kier molecular flexibility index (Phi) is 6.19. The number of anilines is 1. The fourth-order valence-electron chi connectivity index (χ4n) is 5.05. The minimum atomic E-state index is -0.292. The Morgan fingerprint density at radius 3 is 2.62 bits per heavy atom. The lowest BCUT2D eigenvalue weighted by molar-refractivity contribution is 0.0977. The van der Waals surface area contributed by atoms with Crippen LogP contribution in [0.1, 0.15) is 34.3 Å². The molecule has 0 radical (unpaired) electrons. The van der Waals surface area contributed by atoms with E-state index in [-0.39, 0.29) is 28.1 Å². The predicted octanol–water partition coefficient (Wildman–Crippen LogP) is 5.72. The molecule has 2 aliphatic rings. The summed E-state index contributed by atoms with van der Waals surface area (Å²) in [5.74, 6) is -0.698. The van der Waals surface area contributed by atoms with E-state index in [0.29, 0.717) is 12.1 Å². The molecule has 34 heavy (non-hydrogen) atoms. The molecule has 2 aromatic carbocycles. The maximum absolute atomic E-state index is 14.3. The van der Waals surface area contributed by atoms with Crippen LogP contribution in [0.15, 0.2) is 66.9 Å². The number of nitrogens with zero attached hydrogens (tertiary/aromatic N) is 3. The minimum absolute atomic E-state index is 0.158. The van der Waals surface area contributed by atoms with Crippen LogP contribution in [-0.2, 0) is 5.41 Å². The van der Waals surface area contributed by atoms with E-state index in [1.54, 1.807) is 35.2 Å². The Morgan fingerprint density at radius 1 is 1.06 bits per heavy atom. The topological polar surface area (TPSA) is 36.4 Å². The number of halogens is 3. The monoisotopic (exact) mass is 479 g/mol. The molecule has 1 spiro atoms. The molecule has 1 aromatic heterocycles. The van der Waals surface area contributed by atoms with Crippen molar-refractivity contribution < 1.29 is 13.6 Å². The highest BCUT2D eigenvalue weighted by atomic mass is 35.5. The second-order valence-electron chi connectivity index (χ2n) is 8.96. The van der Waals surface area contributed by atoms with Crippen molar-refractivity contribution in [2.75, 3.05) is 31.1 Å². The minimum Gasteiger partial charge on any atom is -0.307 e. The molecular weight excluding hydrogens is 456 g/mol. The van der Waals surface area contributed by atoms with Gasteiger partial charge in [-0.05, 0) is 79.5 Å². The average molecular weight is 480 g/mol. The Hall–Kier alpha value is -3.09. The summed E-state index contributed by atoms with van der Waals surface area (Å²) in [4.78, 5) is 21.4. The van der Waals surface area contributed by atoms with Gasteiger partial charge in [0.25, 0.3) is 5.91 Å². The lowest BCUT2D eigenvalue weighted by atomic mass is 9.74. The second-order valence-corrected chi connectivity index (χ2v) is 9.35. The molecule has 2 aliphatic heterocycles. The number of rotatable bonds is 4. The third-order valence-electron chi connectivity index (χ3n) is 6.84. The van der Waals surface area contributed by atoms with Crippen LogP contribution in [0.3, 0.4) is 0 Å². The molecular formula is C27H24ClF2N3O. The van der Waals surface area contributed by atoms with Crippen LogP contribution in [0, 0.1) is 11.6 Å². The normalized spacial score (nSPS) is 17.4. The molecule has 7 heteroatoms. The van der Waals surface area contributed by atoms with Crippen LogP contribution in [0.5, 0.6) is 0 Å². The first-order valence-electron chi connectivity index (χ1n) is 11.3. The molecule has 0 atom stereocenters. The number of pyridine rings is 1. The predicted molar refractivity (Wildman–Crippen MR) is 130 cm³/mol. The van der Waals surface area contributed by atoms with Gasteiger partial charge in [-0.2, -0.15) is 0 Å². The van der Waals surface area contributed by atoms with Gasteiger partial charge in [0.1, 0.15) is 16.8 Å². The molecule has 3 heterocycles. The van der Waals surface area contributed by atoms with Gasteiger partial charge < -0.3 is 4.90 Å². The number of likely N-dealkylation sites (tertiary alicyclic amines) is 1. The van der Waals surface area contributed by atoms with E-state index in [2.05, 4.69) is 9.88 Å². The van der Waals surface area contributed by atoms with Gasteiger partial charge >= 0.3 is 0 Å².